The molecular weight excluding hydrogens is 636 g/mol. The Labute approximate surface area is 295 Å². The number of para-hydroxylation sites is 1. The van der Waals surface area contributed by atoms with Crippen molar-refractivity contribution < 1.29 is 28.7 Å². The van der Waals surface area contributed by atoms with Crippen LogP contribution in [-0.2, 0) is 41.7 Å². The van der Waals surface area contributed by atoms with Gasteiger partial charge in [-0.15, -0.1) is 5.10 Å². The number of ketones is 1. The van der Waals surface area contributed by atoms with Gasteiger partial charge in [-0.1, -0.05) is 75.4 Å². The molecule has 12 heteroatoms. The number of hydrogen-bond acceptors (Lipinski definition) is 9. The predicted octanol–water partition coefficient (Wildman–Crippen LogP) is 4.94. The molecule has 0 unspecified atom stereocenters. The van der Waals surface area contributed by atoms with E-state index in [9.17, 15) is 19.2 Å². The maximum absolute atomic E-state index is 13.8. The fourth-order valence-electron chi connectivity index (χ4n) is 6.09. The summed E-state index contributed by atoms with van der Waals surface area (Å²) < 4.78 is 13.0. The van der Waals surface area contributed by atoms with Crippen molar-refractivity contribution in [2.75, 3.05) is 38.3 Å². The zero-order chi connectivity index (χ0) is 36.5. The molecule has 0 fully saturated rings. The van der Waals surface area contributed by atoms with Crippen molar-refractivity contribution in [3.8, 4) is 22.5 Å². The summed E-state index contributed by atoms with van der Waals surface area (Å²) in [5.41, 5.74) is 3.28. The van der Waals surface area contributed by atoms with Gasteiger partial charge in [0.2, 0.25) is 11.8 Å². The summed E-state index contributed by atoms with van der Waals surface area (Å²) in [5, 5.41) is 14.7. The van der Waals surface area contributed by atoms with Gasteiger partial charge in [-0.2, -0.15) is 0 Å². The van der Waals surface area contributed by atoms with Gasteiger partial charge in [0.25, 0.3) is 0 Å². The lowest BCUT2D eigenvalue weighted by Crippen LogP contribution is -2.36. The molecule has 2 aromatic carbocycles. The topological polar surface area (TPSA) is 145 Å². The van der Waals surface area contributed by atoms with E-state index in [2.05, 4.69) is 20.9 Å². The predicted molar refractivity (Wildman–Crippen MR) is 192 cm³/mol. The van der Waals surface area contributed by atoms with Crippen molar-refractivity contribution in [1.29, 1.82) is 0 Å². The summed E-state index contributed by atoms with van der Waals surface area (Å²) in [5.74, 6) is -0.650. The normalized spacial score (nSPS) is 12.8. The van der Waals surface area contributed by atoms with Crippen LogP contribution in [0, 0.1) is 11.3 Å². The van der Waals surface area contributed by atoms with E-state index in [-0.39, 0.29) is 56.1 Å². The Morgan fingerprint density at radius 1 is 0.900 bits per heavy atom. The van der Waals surface area contributed by atoms with Crippen LogP contribution in [0.25, 0.3) is 22.5 Å². The third-order valence-electron chi connectivity index (χ3n) is 9.01. The molecule has 3 aromatic rings. The molecule has 0 aliphatic carbocycles. The van der Waals surface area contributed by atoms with Gasteiger partial charge in [0.05, 0.1) is 23.5 Å². The molecule has 12 nitrogen and oxygen atoms in total. The first kappa shape index (κ1) is 38.4. The Hall–Kier alpha value is -4.42. The molecule has 2 N–H and O–H groups in total. The number of aromatic nitrogens is 3. The number of rotatable bonds is 17. The standard InChI is InChI=1S/C38H52N6O6/c1-26(2)36(48)37(3,4)19-22-50-38(5,6)18-20-40-31(45)16-17-32(46)43-24-27-12-8-9-13-28(27)35-34(29-14-10-11-15-30(29)43)41-42-44(35)25-33(47)49-23-21-39-7/h8-15,26,39H,16-25H2,1-7H3,(H,40,45). The second kappa shape index (κ2) is 17.0. The van der Waals surface area contributed by atoms with Gasteiger partial charge in [0, 0.05) is 55.0 Å². The highest BCUT2D eigenvalue weighted by atomic mass is 16.5. The number of likely N-dealkylation sites (N-methyl/N-ethyl adjacent to an activating group) is 1. The monoisotopic (exact) mass is 688 g/mol. The van der Waals surface area contributed by atoms with Gasteiger partial charge in [0.15, 0.2) is 0 Å². The zero-order valence-electron chi connectivity index (χ0n) is 30.5. The van der Waals surface area contributed by atoms with E-state index in [1.165, 1.54) is 0 Å². The first-order valence-electron chi connectivity index (χ1n) is 17.4. The quantitative estimate of drug-likeness (QED) is 0.149. The zero-order valence-corrected chi connectivity index (χ0v) is 30.5. The smallest absolute Gasteiger partial charge is 0.327 e. The van der Waals surface area contributed by atoms with E-state index < -0.39 is 17.0 Å². The lowest BCUT2D eigenvalue weighted by molar-refractivity contribution is -0.144. The van der Waals surface area contributed by atoms with Crippen molar-refractivity contribution in [2.45, 2.75) is 85.9 Å². The maximum Gasteiger partial charge on any atom is 0.327 e. The Balaban J connectivity index is 1.40. The highest BCUT2D eigenvalue weighted by molar-refractivity contribution is 6.01. The second-order valence-corrected chi connectivity index (χ2v) is 14.3. The minimum Gasteiger partial charge on any atom is -0.463 e. The number of carbonyl (C=O) groups is 4. The van der Waals surface area contributed by atoms with E-state index in [0.717, 1.165) is 11.1 Å². The number of nitrogens with zero attached hydrogens (tertiary/aromatic N) is 4. The first-order chi connectivity index (χ1) is 23.7. The fourth-order valence-corrected chi connectivity index (χ4v) is 6.09. The van der Waals surface area contributed by atoms with Gasteiger partial charge < -0.3 is 25.0 Å². The highest BCUT2D eigenvalue weighted by Gasteiger charge is 2.31. The molecule has 0 atom stereocenters. The third-order valence-corrected chi connectivity index (χ3v) is 9.01. The van der Waals surface area contributed by atoms with E-state index in [1.54, 1.807) is 16.6 Å². The largest absolute Gasteiger partial charge is 0.463 e. The van der Waals surface area contributed by atoms with Crippen LogP contribution < -0.4 is 15.5 Å². The van der Waals surface area contributed by atoms with Crippen LogP contribution >= 0.6 is 0 Å². The summed E-state index contributed by atoms with van der Waals surface area (Å²) in [4.78, 5) is 53.5. The summed E-state index contributed by atoms with van der Waals surface area (Å²) in [6.07, 6.45) is 1.25. The minimum absolute atomic E-state index is 0.0131. The molecule has 1 aliphatic heterocycles. The maximum atomic E-state index is 13.8. The van der Waals surface area contributed by atoms with E-state index in [4.69, 9.17) is 9.47 Å². The number of amides is 2. The Morgan fingerprint density at radius 3 is 2.32 bits per heavy atom. The number of anilines is 1. The average Bonchev–Trinajstić information content (AvgIpc) is 3.47. The number of fused-ring (bicyclic) bond motifs is 5. The molecule has 0 saturated carbocycles. The van der Waals surface area contributed by atoms with Crippen molar-refractivity contribution in [3.05, 3.63) is 54.1 Å². The molecule has 1 aromatic heterocycles. The Bertz CT molecular complexity index is 1660. The van der Waals surface area contributed by atoms with Crippen molar-refractivity contribution >= 4 is 29.3 Å². The number of Topliss-reactive ketones (excluding diaryl/α,β-unsaturated/α-hetero) is 1. The molecule has 2 amide bonds. The van der Waals surface area contributed by atoms with Crippen LogP contribution in [0.15, 0.2) is 48.5 Å². The molecule has 0 spiro atoms. The van der Waals surface area contributed by atoms with Crippen LogP contribution in [0.5, 0.6) is 0 Å². The molecule has 0 saturated heterocycles. The molecule has 0 bridgehead atoms. The fraction of sp³-hybridized carbons (Fsp3) is 0.526. The Morgan fingerprint density at radius 2 is 1.60 bits per heavy atom. The molecule has 2 heterocycles. The van der Waals surface area contributed by atoms with Gasteiger partial charge in [-0.25, -0.2) is 4.68 Å². The van der Waals surface area contributed by atoms with Gasteiger partial charge in [-0.05, 0) is 45.4 Å². The number of benzene rings is 2. The first-order valence-corrected chi connectivity index (χ1v) is 17.4. The highest BCUT2D eigenvalue weighted by Crippen LogP contribution is 2.41. The van der Waals surface area contributed by atoms with Crippen LogP contribution in [0.1, 0.15) is 72.8 Å². The summed E-state index contributed by atoms with van der Waals surface area (Å²) >= 11 is 0. The van der Waals surface area contributed by atoms with E-state index >= 15 is 0 Å². The third kappa shape index (κ3) is 9.85. The van der Waals surface area contributed by atoms with Crippen LogP contribution in [0.3, 0.4) is 0 Å². The number of hydrogen-bond donors (Lipinski definition) is 2. The minimum atomic E-state index is -0.491. The second-order valence-electron chi connectivity index (χ2n) is 14.3. The lowest BCUT2D eigenvalue weighted by atomic mass is 9.80. The summed E-state index contributed by atoms with van der Waals surface area (Å²) in [7, 11) is 1.79. The molecule has 270 valence electrons. The Kier molecular flexibility index (Phi) is 13.0. The van der Waals surface area contributed by atoms with Crippen molar-refractivity contribution in [3.63, 3.8) is 0 Å². The summed E-state index contributed by atoms with van der Waals surface area (Å²) in [6, 6.07) is 15.1. The number of carbonyl (C=O) groups excluding carboxylic acids is 4. The number of esters is 1. The van der Waals surface area contributed by atoms with Crippen molar-refractivity contribution in [2.24, 2.45) is 11.3 Å². The molecule has 0 radical (unpaired) electrons. The van der Waals surface area contributed by atoms with Gasteiger partial charge in [-0.3, -0.25) is 19.2 Å². The summed E-state index contributed by atoms with van der Waals surface area (Å²) in [6.45, 7) is 13.5. The molecule has 4 rings (SSSR count). The van der Waals surface area contributed by atoms with E-state index in [1.807, 2.05) is 90.1 Å². The average molecular weight is 689 g/mol. The van der Waals surface area contributed by atoms with Gasteiger partial charge >= 0.3 is 5.97 Å². The lowest BCUT2D eigenvalue weighted by Gasteiger charge is -2.30. The van der Waals surface area contributed by atoms with E-state index in [0.29, 0.717) is 55.2 Å². The molecule has 50 heavy (non-hydrogen) atoms. The van der Waals surface area contributed by atoms with Crippen molar-refractivity contribution in [1.82, 2.24) is 25.6 Å². The van der Waals surface area contributed by atoms with Gasteiger partial charge in [0.1, 0.15) is 24.6 Å². The molecular formula is C38H52N6O6. The molecule has 1 aliphatic rings. The SMILES string of the molecule is CNCCOC(=O)Cn1nnc2c1-c1ccccc1CN(C(=O)CCC(=O)NCCC(C)(C)OCCC(C)(C)C(=O)C(C)C)c1ccccc1-2. The number of nitrogens with one attached hydrogen (secondary N) is 2. The number of ether oxygens (including phenoxy) is 2. The van der Waals surface area contributed by atoms with Crippen LogP contribution in [0.2, 0.25) is 0 Å². The van der Waals surface area contributed by atoms with Crippen LogP contribution in [-0.4, -0.2) is 77.5 Å². The van der Waals surface area contributed by atoms with Crippen LogP contribution in [0.4, 0.5) is 5.69 Å².